The molecule has 0 saturated heterocycles. The topological polar surface area (TPSA) is 71.2 Å². The van der Waals surface area contributed by atoms with Crippen molar-refractivity contribution in [3.63, 3.8) is 0 Å². The lowest BCUT2D eigenvalue weighted by molar-refractivity contribution is -0.123. The number of aromatic amines is 1. The summed E-state index contributed by atoms with van der Waals surface area (Å²) in [5.41, 5.74) is 0.662. The molecule has 21 heavy (non-hydrogen) atoms. The van der Waals surface area contributed by atoms with Crippen LogP contribution < -0.4 is 5.32 Å². The molecule has 0 fully saturated rings. The second-order valence-electron chi connectivity index (χ2n) is 4.28. The van der Waals surface area contributed by atoms with Gasteiger partial charge in [0.15, 0.2) is 6.10 Å². The highest BCUT2D eigenvalue weighted by Gasteiger charge is 2.19. The van der Waals surface area contributed by atoms with Gasteiger partial charge in [-0.15, -0.1) is 0 Å². The zero-order valence-electron chi connectivity index (χ0n) is 11.0. The molecule has 1 heterocycles. The number of benzene rings is 1. The lowest BCUT2D eigenvalue weighted by Gasteiger charge is -2.13. The Bertz CT molecular complexity index is 654. The van der Waals surface area contributed by atoms with E-state index in [9.17, 15) is 14.0 Å². The predicted octanol–water partition coefficient (Wildman–Crippen LogP) is 3.10. The van der Waals surface area contributed by atoms with Crippen LogP contribution in [-0.4, -0.2) is 23.0 Å². The molecule has 1 amide bonds. The molecule has 0 aliphatic heterocycles. The number of ether oxygens (including phenoxy) is 1. The summed E-state index contributed by atoms with van der Waals surface area (Å²) >= 11 is 3.20. The zero-order valence-corrected chi connectivity index (χ0v) is 12.6. The van der Waals surface area contributed by atoms with Crippen LogP contribution in [0.2, 0.25) is 0 Å². The molecule has 0 aliphatic carbocycles. The van der Waals surface area contributed by atoms with Gasteiger partial charge in [0.25, 0.3) is 5.91 Å². The van der Waals surface area contributed by atoms with Crippen LogP contribution >= 0.6 is 15.9 Å². The Balaban J connectivity index is 1.93. The minimum Gasteiger partial charge on any atom is -0.448 e. The van der Waals surface area contributed by atoms with Gasteiger partial charge in [0, 0.05) is 16.4 Å². The number of anilines is 1. The highest BCUT2D eigenvalue weighted by atomic mass is 79.9. The normalized spacial score (nSPS) is 11.8. The maximum Gasteiger partial charge on any atom is 0.355 e. The monoisotopic (exact) mass is 354 g/mol. The molecule has 5 nitrogen and oxygen atoms in total. The highest BCUT2D eigenvalue weighted by molar-refractivity contribution is 9.10. The van der Waals surface area contributed by atoms with Gasteiger partial charge in [-0.05, 0) is 53.2 Å². The van der Waals surface area contributed by atoms with Crippen LogP contribution in [0.3, 0.4) is 0 Å². The highest BCUT2D eigenvalue weighted by Crippen LogP contribution is 2.13. The SMILES string of the molecule is C[C@@H](OC(=O)c1cc(Br)c[nH]1)C(=O)Nc1ccc(F)cc1. The Hall–Kier alpha value is -2.15. The zero-order chi connectivity index (χ0) is 15.4. The number of rotatable bonds is 4. The van der Waals surface area contributed by atoms with E-state index in [0.29, 0.717) is 10.2 Å². The molecular formula is C14H12BrFN2O3. The summed E-state index contributed by atoms with van der Waals surface area (Å²) in [6.45, 7) is 1.45. The minimum atomic E-state index is -0.982. The van der Waals surface area contributed by atoms with Gasteiger partial charge >= 0.3 is 5.97 Å². The van der Waals surface area contributed by atoms with E-state index in [-0.39, 0.29) is 5.69 Å². The molecule has 2 rings (SSSR count). The molecule has 0 aliphatic rings. The number of hydrogen-bond donors (Lipinski definition) is 2. The van der Waals surface area contributed by atoms with Crippen molar-refractivity contribution in [2.24, 2.45) is 0 Å². The summed E-state index contributed by atoms with van der Waals surface area (Å²) in [6, 6.07) is 6.84. The van der Waals surface area contributed by atoms with E-state index >= 15 is 0 Å². The Kier molecular flexibility index (Phi) is 4.74. The largest absolute Gasteiger partial charge is 0.448 e. The van der Waals surface area contributed by atoms with Crippen molar-refractivity contribution >= 4 is 33.5 Å². The Morgan fingerprint density at radius 2 is 2.00 bits per heavy atom. The second-order valence-corrected chi connectivity index (χ2v) is 5.19. The number of aromatic nitrogens is 1. The third kappa shape index (κ3) is 4.16. The van der Waals surface area contributed by atoms with Crippen LogP contribution in [0.1, 0.15) is 17.4 Å². The molecule has 2 N–H and O–H groups in total. The second kappa shape index (κ2) is 6.53. The number of carbonyl (C=O) groups is 2. The molecular weight excluding hydrogens is 343 g/mol. The first-order chi connectivity index (χ1) is 9.95. The average Bonchev–Trinajstić information content (AvgIpc) is 2.88. The van der Waals surface area contributed by atoms with Gasteiger partial charge in [-0.1, -0.05) is 0 Å². The summed E-state index contributed by atoms with van der Waals surface area (Å²) < 4.78 is 18.5. The number of H-pyrrole nitrogens is 1. The fourth-order valence-electron chi connectivity index (χ4n) is 1.54. The van der Waals surface area contributed by atoms with Gasteiger partial charge in [0.2, 0.25) is 0 Å². The van der Waals surface area contributed by atoms with Crippen LogP contribution in [0.15, 0.2) is 41.0 Å². The molecule has 0 spiro atoms. The maximum atomic E-state index is 12.8. The summed E-state index contributed by atoms with van der Waals surface area (Å²) in [7, 11) is 0. The third-order valence-corrected chi connectivity index (χ3v) is 3.09. The molecule has 1 atom stereocenters. The molecule has 1 aromatic carbocycles. The van der Waals surface area contributed by atoms with Gasteiger partial charge in [-0.2, -0.15) is 0 Å². The van der Waals surface area contributed by atoms with Gasteiger partial charge < -0.3 is 15.0 Å². The van der Waals surface area contributed by atoms with Gasteiger partial charge in [-0.25, -0.2) is 9.18 Å². The van der Waals surface area contributed by atoms with Crippen molar-refractivity contribution in [1.82, 2.24) is 4.98 Å². The fourth-order valence-corrected chi connectivity index (χ4v) is 1.88. The van der Waals surface area contributed by atoms with E-state index < -0.39 is 23.8 Å². The van der Waals surface area contributed by atoms with Crippen LogP contribution in [0, 0.1) is 5.82 Å². The molecule has 1 aromatic heterocycles. The van der Waals surface area contributed by atoms with E-state index in [1.54, 1.807) is 12.3 Å². The lowest BCUT2D eigenvalue weighted by atomic mass is 10.3. The Labute approximate surface area is 128 Å². The standard InChI is InChI=1S/C14H12BrFN2O3/c1-8(21-14(20)12-6-9(15)7-17-12)13(19)18-11-4-2-10(16)3-5-11/h2-8,17H,1H3,(H,18,19)/t8-/m1/s1. The van der Waals surface area contributed by atoms with Crippen molar-refractivity contribution in [1.29, 1.82) is 0 Å². The van der Waals surface area contributed by atoms with Crippen molar-refractivity contribution in [2.45, 2.75) is 13.0 Å². The van der Waals surface area contributed by atoms with Crippen molar-refractivity contribution < 1.29 is 18.7 Å². The quantitative estimate of drug-likeness (QED) is 0.828. The molecule has 2 aromatic rings. The van der Waals surface area contributed by atoms with Gasteiger partial charge in [-0.3, -0.25) is 4.79 Å². The first-order valence-electron chi connectivity index (χ1n) is 6.07. The van der Waals surface area contributed by atoms with E-state index in [0.717, 1.165) is 0 Å². The van der Waals surface area contributed by atoms with Crippen molar-refractivity contribution in [3.05, 3.63) is 52.5 Å². The summed E-state index contributed by atoms with van der Waals surface area (Å²) in [6.07, 6.45) is 0.601. The molecule has 0 saturated carbocycles. The van der Waals surface area contributed by atoms with Crippen LogP contribution in [0.25, 0.3) is 0 Å². The molecule has 110 valence electrons. The molecule has 0 unspecified atom stereocenters. The number of hydrogen-bond acceptors (Lipinski definition) is 3. The van der Waals surface area contributed by atoms with Gasteiger partial charge in [0.05, 0.1) is 0 Å². The minimum absolute atomic E-state index is 0.239. The van der Waals surface area contributed by atoms with E-state index in [4.69, 9.17) is 4.74 Å². The molecule has 7 heteroatoms. The van der Waals surface area contributed by atoms with Crippen LogP contribution in [0.4, 0.5) is 10.1 Å². The van der Waals surface area contributed by atoms with Crippen molar-refractivity contribution in [2.75, 3.05) is 5.32 Å². The van der Waals surface area contributed by atoms with E-state index in [1.807, 2.05) is 0 Å². The summed E-state index contributed by atoms with van der Waals surface area (Å²) in [4.78, 5) is 26.3. The fraction of sp³-hybridized carbons (Fsp3) is 0.143. The number of amides is 1. The molecule has 0 radical (unpaired) electrons. The third-order valence-electron chi connectivity index (χ3n) is 2.63. The lowest BCUT2D eigenvalue weighted by Crippen LogP contribution is -2.30. The predicted molar refractivity (Wildman–Crippen MR) is 78.4 cm³/mol. The summed E-state index contributed by atoms with van der Waals surface area (Å²) in [5.74, 6) is -1.53. The van der Waals surface area contributed by atoms with Crippen LogP contribution in [0.5, 0.6) is 0 Å². The first-order valence-corrected chi connectivity index (χ1v) is 6.86. The Morgan fingerprint density at radius 1 is 1.33 bits per heavy atom. The van der Waals surface area contributed by atoms with Crippen molar-refractivity contribution in [3.8, 4) is 0 Å². The van der Waals surface area contributed by atoms with E-state index in [1.165, 1.54) is 31.2 Å². The maximum absolute atomic E-state index is 12.8. The summed E-state index contributed by atoms with van der Waals surface area (Å²) in [5, 5.41) is 2.53. The first kappa shape index (κ1) is 15.2. The Morgan fingerprint density at radius 3 is 2.57 bits per heavy atom. The number of carbonyl (C=O) groups excluding carboxylic acids is 2. The average molecular weight is 355 g/mol. The van der Waals surface area contributed by atoms with Gasteiger partial charge in [0.1, 0.15) is 11.5 Å². The van der Waals surface area contributed by atoms with Crippen LogP contribution in [-0.2, 0) is 9.53 Å². The van der Waals surface area contributed by atoms with E-state index in [2.05, 4.69) is 26.2 Å². The smallest absolute Gasteiger partial charge is 0.355 e. The number of esters is 1. The molecule has 0 bridgehead atoms. The number of halogens is 2. The number of nitrogens with one attached hydrogen (secondary N) is 2.